The van der Waals surface area contributed by atoms with Crippen LogP contribution in [0.2, 0.25) is 0 Å². The molecule has 0 radical (unpaired) electrons. The van der Waals surface area contributed by atoms with E-state index < -0.39 is 0 Å². The second kappa shape index (κ2) is 9.60. The van der Waals surface area contributed by atoms with Crippen molar-refractivity contribution >= 4 is 85.0 Å². The number of hydrogen-bond donors (Lipinski definition) is 0. The zero-order valence-electron chi connectivity index (χ0n) is 24.1. The first kappa shape index (κ1) is 25.1. The summed E-state index contributed by atoms with van der Waals surface area (Å²) in [6, 6.07) is 50.7. The average molecular weight is 609 g/mol. The molecule has 4 heteroatoms. The summed E-state index contributed by atoms with van der Waals surface area (Å²) in [4.78, 5) is 5.93. The Bertz CT molecular complexity index is 2690. The molecule has 0 atom stereocenters. The first-order valence-electron chi connectivity index (χ1n) is 15.1. The molecule has 10 rings (SSSR count). The SMILES string of the molecule is c1ccc(-c2cc(-c3ccccc3)cc(-n3c4ccccc4c4c5c6cccnc6sc5c5sc6ccccc6c5c43)c2)cc1. The van der Waals surface area contributed by atoms with Crippen molar-refractivity contribution < 1.29 is 0 Å². The molecule has 45 heavy (non-hydrogen) atoms. The number of para-hydroxylation sites is 1. The first-order chi connectivity index (χ1) is 22.3. The van der Waals surface area contributed by atoms with Crippen molar-refractivity contribution in [3.05, 3.63) is 146 Å². The predicted octanol–water partition coefficient (Wildman–Crippen LogP) is 12.2. The maximum atomic E-state index is 4.84. The van der Waals surface area contributed by atoms with E-state index in [1.54, 1.807) is 0 Å². The highest BCUT2D eigenvalue weighted by Crippen LogP contribution is 2.52. The van der Waals surface area contributed by atoms with Crippen LogP contribution in [0.25, 0.3) is 90.2 Å². The Morgan fingerprint density at radius 2 is 1.09 bits per heavy atom. The molecule has 0 aliphatic carbocycles. The molecule has 0 spiro atoms. The molecule has 6 aromatic carbocycles. The number of fused-ring (bicyclic) bond motifs is 12. The summed E-state index contributed by atoms with van der Waals surface area (Å²) in [7, 11) is 0. The van der Waals surface area contributed by atoms with E-state index in [9.17, 15) is 0 Å². The van der Waals surface area contributed by atoms with E-state index in [0.717, 1.165) is 10.5 Å². The summed E-state index contributed by atoms with van der Waals surface area (Å²) in [5.74, 6) is 0. The van der Waals surface area contributed by atoms with Crippen molar-refractivity contribution in [3.63, 3.8) is 0 Å². The highest BCUT2D eigenvalue weighted by Gasteiger charge is 2.25. The van der Waals surface area contributed by atoms with Gasteiger partial charge in [0.05, 0.1) is 20.4 Å². The van der Waals surface area contributed by atoms with Gasteiger partial charge in [0.15, 0.2) is 0 Å². The van der Waals surface area contributed by atoms with Gasteiger partial charge in [0.2, 0.25) is 0 Å². The molecule has 0 fully saturated rings. The van der Waals surface area contributed by atoms with Gasteiger partial charge in [-0.25, -0.2) is 4.98 Å². The third kappa shape index (κ3) is 3.64. The normalized spacial score (nSPS) is 12.0. The van der Waals surface area contributed by atoms with Crippen LogP contribution < -0.4 is 0 Å². The fourth-order valence-electron chi connectivity index (χ4n) is 7.11. The summed E-state index contributed by atoms with van der Waals surface area (Å²) in [6.45, 7) is 0. The van der Waals surface area contributed by atoms with E-state index >= 15 is 0 Å². The standard InChI is InChI=1S/C41H24N2S2/c1-3-12-25(13-4-1)27-22-28(26-14-5-2-6-15-26)24-29(23-27)43-33-19-9-7-16-30(33)35-36-32-18-11-21-42-41(32)45-39(36)40-37(38(35)43)31-17-8-10-20-34(31)44-40/h1-24H. The van der Waals surface area contributed by atoms with E-state index in [4.69, 9.17) is 4.98 Å². The molecular formula is C41H24N2S2. The van der Waals surface area contributed by atoms with Crippen LogP contribution in [-0.2, 0) is 0 Å². The van der Waals surface area contributed by atoms with Crippen molar-refractivity contribution in [2.45, 2.75) is 0 Å². The molecule has 0 N–H and O–H groups in total. The minimum atomic E-state index is 1.09. The molecule has 0 unspecified atom stereocenters. The zero-order chi connectivity index (χ0) is 29.5. The molecule has 0 saturated carbocycles. The largest absolute Gasteiger partial charge is 0.308 e. The number of benzene rings is 6. The van der Waals surface area contributed by atoms with Crippen molar-refractivity contribution in [2.75, 3.05) is 0 Å². The van der Waals surface area contributed by atoms with Crippen LogP contribution in [0.1, 0.15) is 0 Å². The van der Waals surface area contributed by atoms with Crippen molar-refractivity contribution in [3.8, 4) is 27.9 Å². The van der Waals surface area contributed by atoms with E-state index in [2.05, 4.69) is 144 Å². The van der Waals surface area contributed by atoms with Crippen LogP contribution in [0.5, 0.6) is 0 Å². The van der Waals surface area contributed by atoms with Gasteiger partial charge in [-0.3, -0.25) is 0 Å². The van der Waals surface area contributed by atoms with Crippen LogP contribution >= 0.6 is 22.7 Å². The van der Waals surface area contributed by atoms with E-state index in [0.29, 0.717) is 0 Å². The lowest BCUT2D eigenvalue weighted by atomic mass is 9.97. The molecule has 0 bridgehead atoms. The van der Waals surface area contributed by atoms with Gasteiger partial charge in [-0.05, 0) is 64.7 Å². The Balaban J connectivity index is 1.46. The Morgan fingerprint density at radius 3 is 1.84 bits per heavy atom. The van der Waals surface area contributed by atoms with Crippen molar-refractivity contribution in [1.29, 1.82) is 0 Å². The number of thiophene rings is 2. The van der Waals surface area contributed by atoms with Crippen LogP contribution in [0.3, 0.4) is 0 Å². The Kier molecular flexibility index (Phi) is 5.35. The number of nitrogens with zero attached hydrogens (tertiary/aromatic N) is 2. The van der Waals surface area contributed by atoms with Crippen molar-refractivity contribution in [1.82, 2.24) is 9.55 Å². The molecule has 4 heterocycles. The third-order valence-corrected chi connectivity index (χ3v) is 11.5. The number of aromatic nitrogens is 2. The molecule has 0 aliphatic rings. The van der Waals surface area contributed by atoms with Crippen LogP contribution in [0.4, 0.5) is 0 Å². The van der Waals surface area contributed by atoms with Crippen LogP contribution in [0.15, 0.2) is 146 Å². The fourth-order valence-corrected chi connectivity index (χ4v) is 9.61. The van der Waals surface area contributed by atoms with Crippen LogP contribution in [-0.4, -0.2) is 9.55 Å². The molecule has 10 aromatic rings. The maximum Gasteiger partial charge on any atom is 0.124 e. The lowest BCUT2D eigenvalue weighted by Crippen LogP contribution is -1.96. The smallest absolute Gasteiger partial charge is 0.124 e. The van der Waals surface area contributed by atoms with Gasteiger partial charge < -0.3 is 4.57 Å². The fraction of sp³-hybridized carbons (Fsp3) is 0. The van der Waals surface area contributed by atoms with Gasteiger partial charge in [0.1, 0.15) is 4.83 Å². The van der Waals surface area contributed by atoms with Crippen molar-refractivity contribution in [2.24, 2.45) is 0 Å². The Morgan fingerprint density at radius 1 is 0.467 bits per heavy atom. The van der Waals surface area contributed by atoms with Gasteiger partial charge in [-0.15, -0.1) is 22.7 Å². The first-order valence-corrected chi connectivity index (χ1v) is 16.8. The number of pyridine rings is 1. The van der Waals surface area contributed by atoms with E-state index in [-0.39, 0.29) is 0 Å². The minimum absolute atomic E-state index is 1.09. The quantitative estimate of drug-likeness (QED) is 0.195. The molecule has 0 saturated heterocycles. The molecule has 0 aliphatic heterocycles. The second-order valence-electron chi connectivity index (χ2n) is 11.5. The molecule has 4 aromatic heterocycles. The van der Waals surface area contributed by atoms with Gasteiger partial charge >= 0.3 is 0 Å². The number of hydrogen-bond acceptors (Lipinski definition) is 3. The summed E-state index contributed by atoms with van der Waals surface area (Å²) in [6.07, 6.45) is 1.92. The maximum absolute atomic E-state index is 4.84. The second-order valence-corrected chi connectivity index (χ2v) is 13.6. The zero-order valence-corrected chi connectivity index (χ0v) is 25.7. The van der Waals surface area contributed by atoms with Gasteiger partial charge in [0.25, 0.3) is 0 Å². The third-order valence-electron chi connectivity index (χ3n) is 9.02. The highest BCUT2D eigenvalue weighted by molar-refractivity contribution is 7.33. The molecule has 2 nitrogen and oxygen atoms in total. The van der Waals surface area contributed by atoms with E-state index in [1.165, 1.54) is 79.7 Å². The van der Waals surface area contributed by atoms with Gasteiger partial charge in [-0.2, -0.15) is 0 Å². The monoisotopic (exact) mass is 608 g/mol. The lowest BCUT2D eigenvalue weighted by molar-refractivity contribution is 1.19. The highest BCUT2D eigenvalue weighted by atomic mass is 32.1. The summed E-state index contributed by atoms with van der Waals surface area (Å²) < 4.78 is 6.52. The topological polar surface area (TPSA) is 17.8 Å². The summed E-state index contributed by atoms with van der Waals surface area (Å²) in [5.41, 5.74) is 8.47. The van der Waals surface area contributed by atoms with Gasteiger partial charge in [-0.1, -0.05) is 97.1 Å². The lowest BCUT2D eigenvalue weighted by Gasteiger charge is -2.15. The summed E-state index contributed by atoms with van der Waals surface area (Å²) >= 11 is 3.73. The molecule has 0 amide bonds. The summed E-state index contributed by atoms with van der Waals surface area (Å²) in [5, 5.41) is 7.75. The van der Waals surface area contributed by atoms with Gasteiger partial charge in [0, 0.05) is 48.9 Å². The van der Waals surface area contributed by atoms with E-state index in [1.807, 2.05) is 28.9 Å². The molecular weight excluding hydrogens is 585 g/mol. The minimum Gasteiger partial charge on any atom is -0.308 e. The molecule has 210 valence electrons. The predicted molar refractivity (Wildman–Crippen MR) is 195 cm³/mol. The Hall–Kier alpha value is -5.29. The number of rotatable bonds is 3. The van der Waals surface area contributed by atoms with Crippen LogP contribution in [0, 0.1) is 0 Å². The average Bonchev–Trinajstić information content (AvgIpc) is 3.79. The Labute approximate surface area is 267 Å².